The van der Waals surface area contributed by atoms with Crippen molar-refractivity contribution in [3.8, 4) is 0 Å². The van der Waals surface area contributed by atoms with Crippen molar-refractivity contribution >= 4 is 0 Å². The van der Waals surface area contributed by atoms with Gasteiger partial charge in [0.05, 0.1) is 6.10 Å². The second-order valence-corrected chi connectivity index (χ2v) is 13.6. The first kappa shape index (κ1) is 23.6. The zero-order valence-electron chi connectivity index (χ0n) is 21.9. The van der Waals surface area contributed by atoms with Crippen molar-refractivity contribution < 1.29 is 5.11 Å². The van der Waals surface area contributed by atoms with Crippen LogP contribution in [0.1, 0.15) is 120 Å². The Morgan fingerprint density at radius 3 is 2.35 bits per heavy atom. The number of aliphatic hydroxyl groups is 1. The van der Waals surface area contributed by atoms with E-state index in [-0.39, 0.29) is 11.5 Å². The first-order valence-corrected chi connectivity index (χ1v) is 13.4. The van der Waals surface area contributed by atoms with Gasteiger partial charge in [0.15, 0.2) is 0 Å². The molecule has 0 radical (unpaired) electrons. The molecule has 0 unspecified atom stereocenters. The molecular formula is C30H50O. The summed E-state index contributed by atoms with van der Waals surface area (Å²) in [6.45, 7) is 19.6. The zero-order chi connectivity index (χ0) is 22.8. The highest BCUT2D eigenvalue weighted by Gasteiger charge is 2.63. The average molecular weight is 427 g/mol. The van der Waals surface area contributed by atoms with Gasteiger partial charge in [-0.3, -0.25) is 0 Å². The number of fused-ring (bicyclic) bond motifs is 4. The predicted octanol–water partition coefficient (Wildman–Crippen LogP) is 8.48. The van der Waals surface area contributed by atoms with Crippen LogP contribution < -0.4 is 0 Å². The smallest absolute Gasteiger partial charge is 0.0594 e. The van der Waals surface area contributed by atoms with Gasteiger partial charge in [-0.1, -0.05) is 64.3 Å². The summed E-state index contributed by atoms with van der Waals surface area (Å²) in [5.41, 5.74) is 6.41. The summed E-state index contributed by atoms with van der Waals surface area (Å²) < 4.78 is 0. The lowest BCUT2D eigenvalue weighted by Gasteiger charge is -2.62. The molecule has 0 spiro atoms. The molecule has 0 saturated heterocycles. The fraction of sp³-hybridized carbons (Fsp3) is 0.867. The van der Waals surface area contributed by atoms with E-state index in [1.165, 1.54) is 63.4 Å². The third-order valence-corrected chi connectivity index (χ3v) is 11.7. The molecule has 2 saturated carbocycles. The van der Waals surface area contributed by atoms with Crippen molar-refractivity contribution in [1.29, 1.82) is 0 Å². The van der Waals surface area contributed by atoms with Crippen LogP contribution in [0.4, 0.5) is 0 Å². The second-order valence-electron chi connectivity index (χ2n) is 13.6. The Morgan fingerprint density at radius 1 is 0.968 bits per heavy atom. The van der Waals surface area contributed by atoms with Crippen molar-refractivity contribution in [2.75, 3.05) is 0 Å². The van der Waals surface area contributed by atoms with Gasteiger partial charge in [-0.25, -0.2) is 0 Å². The number of hydrogen-bond donors (Lipinski definition) is 1. The predicted molar refractivity (Wildman–Crippen MR) is 133 cm³/mol. The lowest BCUT2D eigenvalue weighted by Crippen LogP contribution is -2.55. The topological polar surface area (TPSA) is 20.2 Å². The standard InChI is InChI=1S/C30H50O/c1-20(2)10-9-11-21(3)22-14-18-30(8)24-12-13-25-27(4,5)26(31)16-17-28(25,6)23(24)15-19-29(22,30)7/h10,21-22,25-26,31H,9,11-19H2,1-8H3/t21-,22-,25+,26-,28+,29-,30+/m0/s1. The number of allylic oxidation sites excluding steroid dienone is 4. The van der Waals surface area contributed by atoms with E-state index in [0.717, 1.165) is 18.3 Å². The van der Waals surface area contributed by atoms with E-state index in [1.807, 2.05) is 11.1 Å². The van der Waals surface area contributed by atoms with Crippen LogP contribution in [-0.2, 0) is 0 Å². The highest BCUT2D eigenvalue weighted by molar-refractivity contribution is 5.38. The van der Waals surface area contributed by atoms with E-state index in [0.29, 0.717) is 22.2 Å². The van der Waals surface area contributed by atoms with Gasteiger partial charge >= 0.3 is 0 Å². The van der Waals surface area contributed by atoms with Gasteiger partial charge in [0, 0.05) is 0 Å². The van der Waals surface area contributed by atoms with Crippen LogP contribution in [0.2, 0.25) is 0 Å². The zero-order valence-corrected chi connectivity index (χ0v) is 21.9. The van der Waals surface area contributed by atoms with Gasteiger partial charge in [-0.15, -0.1) is 0 Å². The highest BCUT2D eigenvalue weighted by Crippen LogP contribution is 2.72. The Hall–Kier alpha value is -0.560. The molecule has 1 nitrogen and oxygen atoms in total. The molecule has 0 heterocycles. The molecule has 31 heavy (non-hydrogen) atoms. The van der Waals surface area contributed by atoms with Crippen molar-refractivity contribution in [2.45, 2.75) is 126 Å². The molecule has 7 atom stereocenters. The Morgan fingerprint density at radius 2 is 1.68 bits per heavy atom. The highest BCUT2D eigenvalue weighted by atomic mass is 16.3. The van der Waals surface area contributed by atoms with E-state index < -0.39 is 0 Å². The lowest BCUT2D eigenvalue weighted by atomic mass is 9.43. The molecule has 4 rings (SSSR count). The fourth-order valence-corrected chi connectivity index (χ4v) is 9.47. The maximum atomic E-state index is 10.8. The van der Waals surface area contributed by atoms with Gasteiger partial charge in [0.2, 0.25) is 0 Å². The number of aliphatic hydroxyl groups excluding tert-OH is 1. The molecule has 0 aromatic carbocycles. The van der Waals surface area contributed by atoms with Crippen molar-refractivity contribution in [3.05, 3.63) is 22.8 Å². The first-order chi connectivity index (χ1) is 14.4. The summed E-state index contributed by atoms with van der Waals surface area (Å²) in [7, 11) is 0. The van der Waals surface area contributed by atoms with E-state index in [2.05, 4.69) is 61.5 Å². The van der Waals surface area contributed by atoms with Gasteiger partial charge < -0.3 is 5.11 Å². The van der Waals surface area contributed by atoms with Gasteiger partial charge in [0.25, 0.3) is 0 Å². The quantitative estimate of drug-likeness (QED) is 0.447. The van der Waals surface area contributed by atoms with Crippen LogP contribution >= 0.6 is 0 Å². The van der Waals surface area contributed by atoms with E-state index in [4.69, 9.17) is 0 Å². The molecule has 0 aromatic rings. The molecule has 0 aliphatic heterocycles. The first-order valence-electron chi connectivity index (χ1n) is 13.4. The van der Waals surface area contributed by atoms with Gasteiger partial charge in [-0.2, -0.15) is 0 Å². The molecule has 4 aliphatic rings. The van der Waals surface area contributed by atoms with Crippen molar-refractivity contribution in [1.82, 2.24) is 0 Å². The van der Waals surface area contributed by atoms with E-state index in [9.17, 15) is 5.11 Å². The SMILES string of the molecule is CC(C)=CCC[C@H](C)[C@@H]1CC[C@]2(C)C3=C(CC[C@@]12C)[C@@]1(C)CC[C@H](O)C(C)(C)[C@H]1CC3. The average Bonchev–Trinajstić information content (AvgIpc) is 2.96. The van der Waals surface area contributed by atoms with Crippen molar-refractivity contribution in [2.24, 2.45) is 39.4 Å². The minimum absolute atomic E-state index is 0.0465. The molecule has 1 heteroatoms. The Bertz CT molecular complexity index is 767. The molecular weight excluding hydrogens is 376 g/mol. The maximum absolute atomic E-state index is 10.8. The summed E-state index contributed by atoms with van der Waals surface area (Å²) in [6, 6.07) is 0. The molecule has 2 fully saturated rings. The second kappa shape index (κ2) is 7.75. The lowest BCUT2D eigenvalue weighted by molar-refractivity contribution is -0.0962. The molecule has 4 aliphatic carbocycles. The number of hydrogen-bond acceptors (Lipinski definition) is 1. The Balaban J connectivity index is 1.65. The third-order valence-electron chi connectivity index (χ3n) is 11.7. The van der Waals surface area contributed by atoms with Crippen molar-refractivity contribution in [3.63, 3.8) is 0 Å². The fourth-order valence-electron chi connectivity index (χ4n) is 9.47. The van der Waals surface area contributed by atoms with Crippen LogP contribution in [-0.4, -0.2) is 11.2 Å². The normalized spacial score (nSPS) is 44.9. The Labute approximate surface area is 193 Å². The summed E-state index contributed by atoms with van der Waals surface area (Å²) in [4.78, 5) is 0. The maximum Gasteiger partial charge on any atom is 0.0594 e. The summed E-state index contributed by atoms with van der Waals surface area (Å²) in [6.07, 6.45) is 15.2. The van der Waals surface area contributed by atoms with Crippen LogP contribution in [0.5, 0.6) is 0 Å². The minimum atomic E-state index is -0.130. The van der Waals surface area contributed by atoms with E-state index in [1.54, 1.807) is 0 Å². The van der Waals surface area contributed by atoms with Crippen LogP contribution in [0, 0.1) is 39.4 Å². The van der Waals surface area contributed by atoms with Crippen LogP contribution in [0.25, 0.3) is 0 Å². The van der Waals surface area contributed by atoms with Gasteiger partial charge in [-0.05, 0) is 117 Å². The van der Waals surface area contributed by atoms with Crippen LogP contribution in [0.3, 0.4) is 0 Å². The Kier molecular flexibility index (Phi) is 5.90. The largest absolute Gasteiger partial charge is 0.393 e. The molecule has 0 amide bonds. The molecule has 1 N–H and O–H groups in total. The monoisotopic (exact) mass is 426 g/mol. The molecule has 0 bridgehead atoms. The molecule has 176 valence electrons. The van der Waals surface area contributed by atoms with Gasteiger partial charge in [0.1, 0.15) is 0 Å². The minimum Gasteiger partial charge on any atom is -0.393 e. The molecule has 0 aromatic heterocycles. The summed E-state index contributed by atoms with van der Waals surface area (Å²) in [5, 5.41) is 10.8. The van der Waals surface area contributed by atoms with Crippen LogP contribution in [0.15, 0.2) is 22.8 Å². The summed E-state index contributed by atoms with van der Waals surface area (Å²) >= 11 is 0. The van der Waals surface area contributed by atoms with E-state index >= 15 is 0 Å². The summed E-state index contributed by atoms with van der Waals surface area (Å²) in [5.74, 6) is 2.32. The number of rotatable bonds is 4. The third kappa shape index (κ3) is 3.34.